The minimum Gasteiger partial charge on any atom is -0.393 e. The van der Waals surface area contributed by atoms with Crippen LogP contribution in [0.5, 0.6) is 0 Å². The summed E-state index contributed by atoms with van der Waals surface area (Å²) >= 11 is 0. The van der Waals surface area contributed by atoms with E-state index in [9.17, 15) is 5.11 Å². The van der Waals surface area contributed by atoms with Gasteiger partial charge in [0.05, 0.1) is 6.10 Å². The molecule has 3 atom stereocenters. The van der Waals surface area contributed by atoms with Crippen molar-refractivity contribution in [2.45, 2.75) is 52.1 Å². The largest absolute Gasteiger partial charge is 0.393 e. The van der Waals surface area contributed by atoms with Gasteiger partial charge in [-0.1, -0.05) is 26.7 Å². The van der Waals surface area contributed by atoms with Gasteiger partial charge in [-0.15, -0.1) is 0 Å². The third kappa shape index (κ3) is 2.48. The Labute approximate surface area is 69.8 Å². The van der Waals surface area contributed by atoms with Gasteiger partial charge in [-0.2, -0.15) is 0 Å². The Morgan fingerprint density at radius 2 is 2.09 bits per heavy atom. The molecule has 0 aromatic carbocycles. The van der Waals surface area contributed by atoms with E-state index >= 15 is 0 Å². The molecule has 1 heteroatoms. The van der Waals surface area contributed by atoms with E-state index in [2.05, 4.69) is 13.8 Å². The zero-order valence-corrected chi connectivity index (χ0v) is 7.71. The smallest absolute Gasteiger partial charge is 0.0566 e. The molecule has 0 saturated heterocycles. The van der Waals surface area contributed by atoms with Crippen LogP contribution in [0.25, 0.3) is 0 Å². The van der Waals surface area contributed by atoms with E-state index in [1.807, 2.05) is 0 Å². The Hall–Kier alpha value is -0.0400. The molecule has 0 radical (unpaired) electrons. The molecule has 1 nitrogen and oxygen atoms in total. The fraction of sp³-hybridized carbons (Fsp3) is 1.00. The summed E-state index contributed by atoms with van der Waals surface area (Å²) in [6.45, 7) is 4.42. The molecule has 11 heavy (non-hydrogen) atoms. The van der Waals surface area contributed by atoms with Crippen molar-refractivity contribution in [3.8, 4) is 0 Å². The number of rotatable bonds is 2. The summed E-state index contributed by atoms with van der Waals surface area (Å²) < 4.78 is 0. The molecule has 0 heterocycles. The van der Waals surface area contributed by atoms with E-state index in [4.69, 9.17) is 0 Å². The molecule has 66 valence electrons. The standard InChI is InChI=1S/C10H20O/c1-3-4-9-5-6-10(11)8(2)7-9/h8-11H,3-7H2,1-2H3/t8-,9?,10?/m0/s1. The molecule has 0 bridgehead atoms. The maximum absolute atomic E-state index is 9.46. The summed E-state index contributed by atoms with van der Waals surface area (Å²) in [7, 11) is 0. The SMILES string of the molecule is CCCC1CCC(O)[C@@H](C)C1. The average molecular weight is 156 g/mol. The monoisotopic (exact) mass is 156 g/mol. The fourth-order valence-corrected chi connectivity index (χ4v) is 2.16. The van der Waals surface area contributed by atoms with Crippen molar-refractivity contribution in [2.75, 3.05) is 0 Å². The maximum atomic E-state index is 9.46. The van der Waals surface area contributed by atoms with Crippen molar-refractivity contribution < 1.29 is 5.11 Å². The van der Waals surface area contributed by atoms with Gasteiger partial charge in [0.2, 0.25) is 0 Å². The zero-order valence-electron chi connectivity index (χ0n) is 7.71. The summed E-state index contributed by atoms with van der Waals surface area (Å²) in [4.78, 5) is 0. The van der Waals surface area contributed by atoms with E-state index in [-0.39, 0.29) is 6.10 Å². The van der Waals surface area contributed by atoms with Gasteiger partial charge in [-0.25, -0.2) is 0 Å². The zero-order chi connectivity index (χ0) is 8.27. The van der Waals surface area contributed by atoms with Crippen LogP contribution in [0.15, 0.2) is 0 Å². The lowest BCUT2D eigenvalue weighted by atomic mass is 9.79. The van der Waals surface area contributed by atoms with Crippen LogP contribution in [-0.4, -0.2) is 11.2 Å². The first kappa shape index (κ1) is 9.05. The summed E-state index contributed by atoms with van der Waals surface area (Å²) in [6.07, 6.45) is 6.17. The first-order valence-electron chi connectivity index (χ1n) is 4.92. The molecule has 1 N–H and O–H groups in total. The average Bonchev–Trinajstić information content (AvgIpc) is 1.98. The van der Waals surface area contributed by atoms with Crippen LogP contribution in [-0.2, 0) is 0 Å². The highest BCUT2D eigenvalue weighted by Gasteiger charge is 2.24. The molecular weight excluding hydrogens is 136 g/mol. The molecule has 1 aliphatic carbocycles. The third-order valence-corrected chi connectivity index (χ3v) is 2.93. The molecule has 1 rings (SSSR count). The molecular formula is C10H20O. The van der Waals surface area contributed by atoms with E-state index in [0.717, 1.165) is 12.3 Å². The van der Waals surface area contributed by atoms with Gasteiger partial charge in [-0.3, -0.25) is 0 Å². The Balaban J connectivity index is 2.28. The maximum Gasteiger partial charge on any atom is 0.0566 e. The van der Waals surface area contributed by atoms with Crippen molar-refractivity contribution >= 4 is 0 Å². The van der Waals surface area contributed by atoms with E-state index in [1.54, 1.807) is 0 Å². The van der Waals surface area contributed by atoms with Crippen LogP contribution in [0.1, 0.15) is 46.0 Å². The highest BCUT2D eigenvalue weighted by Crippen LogP contribution is 2.31. The Morgan fingerprint density at radius 3 is 2.64 bits per heavy atom. The van der Waals surface area contributed by atoms with Gasteiger partial charge < -0.3 is 5.11 Å². The third-order valence-electron chi connectivity index (χ3n) is 2.93. The second-order valence-electron chi connectivity index (χ2n) is 4.01. The predicted octanol–water partition coefficient (Wildman–Crippen LogP) is 2.58. The summed E-state index contributed by atoms with van der Waals surface area (Å²) in [5, 5.41) is 9.46. The first-order chi connectivity index (χ1) is 5.24. The van der Waals surface area contributed by atoms with Gasteiger partial charge in [0.1, 0.15) is 0 Å². The van der Waals surface area contributed by atoms with Crippen LogP contribution in [0, 0.1) is 11.8 Å². The normalized spacial score (nSPS) is 39.0. The van der Waals surface area contributed by atoms with Crippen LogP contribution >= 0.6 is 0 Å². The van der Waals surface area contributed by atoms with Crippen LogP contribution in [0.4, 0.5) is 0 Å². The predicted molar refractivity (Wildman–Crippen MR) is 47.4 cm³/mol. The lowest BCUT2D eigenvalue weighted by Crippen LogP contribution is -2.26. The van der Waals surface area contributed by atoms with Gasteiger partial charge >= 0.3 is 0 Å². The molecule has 1 aliphatic rings. The lowest BCUT2D eigenvalue weighted by Gasteiger charge is -2.30. The first-order valence-corrected chi connectivity index (χ1v) is 4.92. The summed E-state index contributed by atoms with van der Waals surface area (Å²) in [5.41, 5.74) is 0. The number of hydrogen-bond acceptors (Lipinski definition) is 1. The molecule has 0 aromatic heterocycles. The van der Waals surface area contributed by atoms with Crippen LogP contribution in [0.2, 0.25) is 0 Å². The lowest BCUT2D eigenvalue weighted by molar-refractivity contribution is 0.0552. The molecule has 0 aromatic rings. The van der Waals surface area contributed by atoms with Gasteiger partial charge in [0, 0.05) is 0 Å². The quantitative estimate of drug-likeness (QED) is 0.651. The van der Waals surface area contributed by atoms with Crippen molar-refractivity contribution in [2.24, 2.45) is 11.8 Å². The fourth-order valence-electron chi connectivity index (χ4n) is 2.16. The molecule has 0 aliphatic heterocycles. The van der Waals surface area contributed by atoms with Gasteiger partial charge in [-0.05, 0) is 31.1 Å². The Bertz CT molecular complexity index is 111. The van der Waals surface area contributed by atoms with E-state index < -0.39 is 0 Å². The van der Waals surface area contributed by atoms with Crippen molar-refractivity contribution in [3.05, 3.63) is 0 Å². The van der Waals surface area contributed by atoms with Gasteiger partial charge in [0.15, 0.2) is 0 Å². The van der Waals surface area contributed by atoms with Gasteiger partial charge in [0.25, 0.3) is 0 Å². The highest BCUT2D eigenvalue weighted by molar-refractivity contribution is 4.76. The minimum absolute atomic E-state index is 0.0110. The number of aliphatic hydroxyl groups is 1. The second-order valence-corrected chi connectivity index (χ2v) is 4.01. The molecule has 1 fully saturated rings. The summed E-state index contributed by atoms with van der Waals surface area (Å²) in [6, 6.07) is 0. The number of hydrogen-bond donors (Lipinski definition) is 1. The Morgan fingerprint density at radius 1 is 1.36 bits per heavy atom. The van der Waals surface area contributed by atoms with E-state index in [1.165, 1.54) is 25.7 Å². The number of aliphatic hydroxyl groups excluding tert-OH is 1. The second kappa shape index (κ2) is 4.10. The topological polar surface area (TPSA) is 20.2 Å². The molecule has 0 amide bonds. The van der Waals surface area contributed by atoms with Crippen LogP contribution < -0.4 is 0 Å². The Kier molecular flexibility index (Phi) is 3.38. The molecule has 1 saturated carbocycles. The summed E-state index contributed by atoms with van der Waals surface area (Å²) in [5.74, 6) is 1.44. The van der Waals surface area contributed by atoms with E-state index in [0.29, 0.717) is 5.92 Å². The molecule has 0 spiro atoms. The van der Waals surface area contributed by atoms with Crippen LogP contribution in [0.3, 0.4) is 0 Å². The minimum atomic E-state index is -0.0110. The molecule has 2 unspecified atom stereocenters. The highest BCUT2D eigenvalue weighted by atomic mass is 16.3. The van der Waals surface area contributed by atoms with Crippen molar-refractivity contribution in [1.29, 1.82) is 0 Å². The van der Waals surface area contributed by atoms with Crippen molar-refractivity contribution in [1.82, 2.24) is 0 Å². The van der Waals surface area contributed by atoms with Crippen molar-refractivity contribution in [3.63, 3.8) is 0 Å².